The van der Waals surface area contributed by atoms with E-state index in [1.807, 2.05) is 68.9 Å². The van der Waals surface area contributed by atoms with Gasteiger partial charge in [0.2, 0.25) is 11.8 Å². The van der Waals surface area contributed by atoms with E-state index >= 15 is 0 Å². The van der Waals surface area contributed by atoms with Crippen molar-refractivity contribution in [2.75, 3.05) is 159 Å². The molecular formula is C65H89Br2N9O14S2. The van der Waals surface area contributed by atoms with E-state index in [0.717, 1.165) is 83.3 Å². The summed E-state index contributed by atoms with van der Waals surface area (Å²) in [5, 5.41) is 1.56. The van der Waals surface area contributed by atoms with E-state index in [-0.39, 0.29) is 48.6 Å². The van der Waals surface area contributed by atoms with Gasteiger partial charge in [-0.2, -0.15) is 16.8 Å². The Kier molecular flexibility index (Phi) is 20.5. The van der Waals surface area contributed by atoms with Gasteiger partial charge in [0, 0.05) is 108 Å². The maximum Gasteiger partial charge on any atom is 0.367 e. The van der Waals surface area contributed by atoms with Crippen LogP contribution in [0.25, 0.3) is 33.0 Å². The molecule has 4 atom stereocenters. The van der Waals surface area contributed by atoms with Crippen LogP contribution in [-0.4, -0.2) is 259 Å². The summed E-state index contributed by atoms with van der Waals surface area (Å²) < 4.78 is 93.8. The smallest absolute Gasteiger partial charge is 0.367 e. The third kappa shape index (κ3) is 13.4. The van der Waals surface area contributed by atoms with Crippen molar-refractivity contribution in [1.82, 2.24) is 42.2 Å². The minimum Gasteiger partial charge on any atom is -0.464 e. The molecule has 0 N–H and O–H groups in total. The minimum absolute atomic E-state index is 0.0442. The Morgan fingerprint density at radius 3 is 1.52 bits per heavy atom. The molecule has 11 rings (SSSR count). The highest BCUT2D eigenvalue weighted by Gasteiger charge is 2.47. The maximum absolute atomic E-state index is 14.4. The van der Waals surface area contributed by atoms with Gasteiger partial charge in [-0.1, -0.05) is 36.4 Å². The van der Waals surface area contributed by atoms with Gasteiger partial charge in [-0.25, -0.2) is 7.94 Å². The molecule has 2 aromatic carbocycles. The average Bonchev–Trinajstić information content (AvgIpc) is 1.55. The number of fused-ring (bicyclic) bond motifs is 4. The van der Waals surface area contributed by atoms with Gasteiger partial charge in [0.05, 0.1) is 78.9 Å². The number of esters is 2. The number of carbonyl (C=O) groups is 4. The zero-order valence-corrected chi connectivity index (χ0v) is 59.2. The van der Waals surface area contributed by atoms with Crippen molar-refractivity contribution in [3.05, 3.63) is 80.0 Å². The first-order valence-electron chi connectivity index (χ1n) is 32.3. The monoisotopic (exact) mass is 1440 g/mol. The third-order valence-electron chi connectivity index (χ3n) is 19.9. The lowest BCUT2D eigenvalue weighted by molar-refractivity contribution is -0.200. The van der Waals surface area contributed by atoms with Crippen LogP contribution >= 0.6 is 31.9 Å². The number of likely N-dealkylation sites (N-methyl/N-ethyl adjacent to an activating group) is 2. The zero-order valence-electron chi connectivity index (χ0n) is 54.4. The molecule has 7 heterocycles. The van der Waals surface area contributed by atoms with E-state index in [9.17, 15) is 36.0 Å². The first kappa shape index (κ1) is 68.8. The number of hydrogen-bond donors (Lipinski definition) is 0. The molecule has 3 fully saturated rings. The molecule has 27 heteroatoms. The van der Waals surface area contributed by atoms with Crippen LogP contribution in [-0.2, 0) is 79.9 Å². The standard InChI is InChI=1S/C65H89Br2N9O14S2/c1-10-72(11-2)59(77)43-32-47-45-16-13-18-51-55(45)49(34-53(47)68(8)36-43)57(66)75(51)91(81,82)89-38-63(4,5)61(79)87-30-26-71-24-22-70(23-25-71)20-15-21-73(12-3)60(78)44-33-48-46-17-14-19-52-56(46)50(35-54(48)69(9)37-44)58(67)76(52)92(83,84)90-39-64(6,7)62(80)88-31-28-74-27-29-85-40-65(74)41-86-42-65/h13-14,16-19,32-33,43-44,53-54H,10-12,15,20-31,34-42H2,1-9H3/t43-,44-,53-,54-/m1/s1. The van der Waals surface area contributed by atoms with E-state index in [4.69, 9.17) is 27.3 Å². The fourth-order valence-electron chi connectivity index (χ4n) is 14.3. The van der Waals surface area contributed by atoms with Crippen molar-refractivity contribution >= 4 is 109 Å². The number of nitrogens with zero attached hydrogens (tertiary/aromatic N) is 9. The SMILES string of the molecule is CCN(CC)C(=O)[C@@H]1C=C2c3cccc4c3c(c(Br)n4S(=O)(=O)OCC(C)(C)C(=O)OCCN3CCN(CCCN(CC)C(=O)[C@@H]4C=C5c6cccc7c6c(c(Br)n7S(=O)(=O)OCC(C)(C)C(=O)OCCN6CCOCC67COC7)C[C@H]5N(C)C4)CC3)C[C@H]2N(C)C1. The molecule has 92 heavy (non-hydrogen) atoms. The van der Waals surface area contributed by atoms with Gasteiger partial charge in [-0.05, 0) is 166 Å². The van der Waals surface area contributed by atoms with Crippen LogP contribution in [0.2, 0.25) is 0 Å². The molecule has 0 saturated carbocycles. The first-order chi connectivity index (χ1) is 43.7. The molecular weight excluding hydrogens is 1350 g/mol. The Bertz CT molecular complexity index is 3780. The summed E-state index contributed by atoms with van der Waals surface area (Å²) in [6, 6.07) is 10.9. The van der Waals surface area contributed by atoms with Crippen molar-refractivity contribution in [3.8, 4) is 0 Å². The number of amides is 2. The predicted octanol–water partition coefficient (Wildman–Crippen LogP) is 5.74. The highest BCUT2D eigenvalue weighted by molar-refractivity contribution is 9.10. The number of benzene rings is 2. The third-order valence-corrected chi connectivity index (χ3v) is 24.5. The van der Waals surface area contributed by atoms with Gasteiger partial charge in [0.25, 0.3) is 0 Å². The Morgan fingerprint density at radius 1 is 0.620 bits per heavy atom. The molecule has 2 amide bonds. The molecule has 2 aromatic heterocycles. The molecule has 0 bridgehead atoms. The highest BCUT2D eigenvalue weighted by Crippen LogP contribution is 2.48. The Labute approximate surface area is 557 Å². The second-order valence-electron chi connectivity index (χ2n) is 26.9. The Morgan fingerprint density at radius 2 is 1.07 bits per heavy atom. The number of piperazine rings is 1. The molecule has 0 unspecified atom stereocenters. The number of aromatic nitrogens is 2. The van der Waals surface area contributed by atoms with Gasteiger partial charge in [-0.3, -0.25) is 47.1 Å². The van der Waals surface area contributed by atoms with Crippen LogP contribution in [0.5, 0.6) is 0 Å². The summed E-state index contributed by atoms with van der Waals surface area (Å²) in [7, 11) is -4.90. The Balaban J connectivity index is 0.637. The summed E-state index contributed by atoms with van der Waals surface area (Å²) in [5.41, 5.74) is 3.51. The first-order valence-corrected chi connectivity index (χ1v) is 36.6. The van der Waals surface area contributed by atoms with Crippen LogP contribution in [0.3, 0.4) is 0 Å². The number of ether oxygens (including phenoxy) is 4. The van der Waals surface area contributed by atoms with Crippen molar-refractivity contribution in [3.63, 3.8) is 0 Å². The quantitative estimate of drug-likeness (QED) is 0.0721. The van der Waals surface area contributed by atoms with E-state index in [1.165, 1.54) is 7.94 Å². The molecule has 2 aliphatic carbocycles. The van der Waals surface area contributed by atoms with E-state index in [2.05, 4.69) is 68.5 Å². The number of morpholine rings is 1. The number of carbonyl (C=O) groups excluding carboxylic acids is 4. The second kappa shape index (κ2) is 27.5. The van der Waals surface area contributed by atoms with Gasteiger partial charge < -0.3 is 33.6 Å². The van der Waals surface area contributed by atoms with Gasteiger partial charge >= 0.3 is 32.5 Å². The van der Waals surface area contributed by atoms with Crippen molar-refractivity contribution < 1.29 is 63.3 Å². The van der Waals surface area contributed by atoms with Gasteiger partial charge in [0.15, 0.2) is 0 Å². The summed E-state index contributed by atoms with van der Waals surface area (Å²) in [5.74, 6) is -1.75. The minimum atomic E-state index is -4.47. The summed E-state index contributed by atoms with van der Waals surface area (Å²) in [6.45, 7) is 23.2. The van der Waals surface area contributed by atoms with Crippen LogP contribution in [0, 0.1) is 22.7 Å². The molecule has 3 saturated heterocycles. The van der Waals surface area contributed by atoms with Crippen molar-refractivity contribution in [2.45, 2.75) is 85.4 Å². The number of halogens is 2. The number of rotatable bonds is 25. The van der Waals surface area contributed by atoms with Crippen LogP contribution in [0.1, 0.15) is 77.1 Å². The predicted molar refractivity (Wildman–Crippen MR) is 356 cm³/mol. The lowest BCUT2D eigenvalue weighted by atomic mass is 9.79. The van der Waals surface area contributed by atoms with Crippen LogP contribution < -0.4 is 0 Å². The van der Waals surface area contributed by atoms with Crippen molar-refractivity contribution in [2.24, 2.45) is 22.7 Å². The summed E-state index contributed by atoms with van der Waals surface area (Å²) >= 11 is 7.29. The topological polar surface area (TPSA) is 224 Å². The molecule has 23 nitrogen and oxygen atoms in total. The lowest BCUT2D eigenvalue weighted by Crippen LogP contribution is -2.68. The molecule has 7 aliphatic rings. The molecule has 4 aromatic rings. The van der Waals surface area contributed by atoms with E-state index in [0.29, 0.717) is 118 Å². The highest BCUT2D eigenvalue weighted by atomic mass is 79.9. The molecule has 504 valence electrons. The van der Waals surface area contributed by atoms with E-state index < -0.39 is 62.5 Å². The zero-order chi connectivity index (χ0) is 65.8. The van der Waals surface area contributed by atoms with Crippen LogP contribution in [0.15, 0.2) is 57.8 Å². The van der Waals surface area contributed by atoms with Gasteiger partial charge in [0.1, 0.15) is 22.4 Å². The largest absolute Gasteiger partial charge is 0.464 e. The maximum atomic E-state index is 14.4. The fourth-order valence-corrected chi connectivity index (χ4v) is 19.0. The number of hydrogen-bond acceptors (Lipinski definition) is 19. The second-order valence-corrected chi connectivity index (χ2v) is 31.4. The Hall–Kier alpha value is -4.62. The molecule has 5 aliphatic heterocycles. The van der Waals surface area contributed by atoms with Crippen LogP contribution in [0.4, 0.5) is 0 Å². The van der Waals surface area contributed by atoms with Gasteiger partial charge in [-0.15, -0.1) is 0 Å². The lowest BCUT2D eigenvalue weighted by Gasteiger charge is -2.51. The van der Waals surface area contributed by atoms with E-state index in [1.54, 1.807) is 39.8 Å². The fraction of sp³-hybridized carbons (Fsp3) is 0.631. The molecule has 1 spiro atoms. The van der Waals surface area contributed by atoms with Crippen molar-refractivity contribution in [1.29, 1.82) is 0 Å². The summed E-state index contributed by atoms with van der Waals surface area (Å²) in [6.07, 6.45) is 5.98. The normalized spacial score (nSPS) is 22.4. The molecule has 0 radical (unpaired) electrons. The average molecular weight is 1440 g/mol. The summed E-state index contributed by atoms with van der Waals surface area (Å²) in [4.78, 5) is 69.9.